The molecular formula is C16H24ClNO2. The minimum Gasteiger partial charge on any atom is -0.495 e. The van der Waals surface area contributed by atoms with Crippen molar-refractivity contribution in [3.05, 3.63) is 22.2 Å². The first-order valence-corrected chi connectivity index (χ1v) is 7.68. The van der Waals surface area contributed by atoms with Gasteiger partial charge in [0.05, 0.1) is 14.2 Å². The highest BCUT2D eigenvalue weighted by Crippen LogP contribution is 2.47. The largest absolute Gasteiger partial charge is 0.495 e. The summed E-state index contributed by atoms with van der Waals surface area (Å²) < 4.78 is 11.0. The van der Waals surface area contributed by atoms with E-state index >= 15 is 0 Å². The molecule has 3 nitrogen and oxygen atoms in total. The number of rotatable bonds is 4. The number of benzene rings is 1. The van der Waals surface area contributed by atoms with Gasteiger partial charge in [0, 0.05) is 11.1 Å². The molecule has 112 valence electrons. The molecule has 0 saturated heterocycles. The third-order valence-electron chi connectivity index (χ3n) is 4.32. The lowest BCUT2D eigenvalue weighted by molar-refractivity contribution is 0.287. The zero-order chi connectivity index (χ0) is 14.8. The molecule has 0 unspecified atom stereocenters. The zero-order valence-electron chi connectivity index (χ0n) is 12.6. The number of aryl methyl sites for hydroxylation is 1. The Balaban J connectivity index is 2.59. The Kier molecular flexibility index (Phi) is 4.82. The fourth-order valence-electron chi connectivity index (χ4n) is 3.17. The van der Waals surface area contributed by atoms with Crippen LogP contribution in [0.5, 0.6) is 11.5 Å². The smallest absolute Gasteiger partial charge is 0.146 e. The Morgan fingerprint density at radius 2 is 1.75 bits per heavy atom. The van der Waals surface area contributed by atoms with Crippen molar-refractivity contribution in [3.8, 4) is 11.5 Å². The normalized spacial score (nSPS) is 17.9. The van der Waals surface area contributed by atoms with Crippen LogP contribution in [0, 0.1) is 0 Å². The van der Waals surface area contributed by atoms with E-state index in [1.165, 1.54) is 6.42 Å². The maximum absolute atomic E-state index is 6.66. The number of hydrogen-bond acceptors (Lipinski definition) is 3. The van der Waals surface area contributed by atoms with Gasteiger partial charge in [-0.15, -0.1) is 0 Å². The SMILES string of the molecule is CCc1cc(C2(N)CCCCC2)c(OC)c(Cl)c1OC. The van der Waals surface area contributed by atoms with Crippen molar-refractivity contribution in [2.75, 3.05) is 14.2 Å². The van der Waals surface area contributed by atoms with E-state index in [1.807, 2.05) is 0 Å². The van der Waals surface area contributed by atoms with Gasteiger partial charge < -0.3 is 15.2 Å². The van der Waals surface area contributed by atoms with E-state index in [-0.39, 0.29) is 5.54 Å². The minimum atomic E-state index is -0.330. The molecule has 0 amide bonds. The first kappa shape index (κ1) is 15.5. The summed E-state index contributed by atoms with van der Waals surface area (Å²) in [4.78, 5) is 0. The summed E-state index contributed by atoms with van der Waals surface area (Å²) >= 11 is 6.47. The Morgan fingerprint density at radius 3 is 2.25 bits per heavy atom. The van der Waals surface area contributed by atoms with Gasteiger partial charge in [0.15, 0.2) is 0 Å². The lowest BCUT2D eigenvalue weighted by Crippen LogP contribution is -2.39. The predicted octanol–water partition coefficient (Wildman–Crippen LogP) is 4.04. The topological polar surface area (TPSA) is 44.5 Å². The monoisotopic (exact) mass is 297 g/mol. The average molecular weight is 298 g/mol. The van der Waals surface area contributed by atoms with Crippen LogP contribution in [0.2, 0.25) is 5.02 Å². The fourth-order valence-corrected chi connectivity index (χ4v) is 3.55. The van der Waals surface area contributed by atoms with Crippen LogP contribution in [-0.4, -0.2) is 14.2 Å². The Labute approximate surface area is 126 Å². The van der Waals surface area contributed by atoms with Crippen molar-refractivity contribution in [2.45, 2.75) is 51.0 Å². The third-order valence-corrected chi connectivity index (χ3v) is 4.67. The van der Waals surface area contributed by atoms with Crippen molar-refractivity contribution in [1.82, 2.24) is 0 Å². The van der Waals surface area contributed by atoms with Crippen molar-refractivity contribution < 1.29 is 9.47 Å². The Morgan fingerprint density at radius 1 is 1.15 bits per heavy atom. The average Bonchev–Trinajstić information content (AvgIpc) is 2.46. The predicted molar refractivity (Wildman–Crippen MR) is 82.9 cm³/mol. The highest BCUT2D eigenvalue weighted by molar-refractivity contribution is 6.33. The summed E-state index contributed by atoms with van der Waals surface area (Å²) in [5, 5.41) is 0.541. The van der Waals surface area contributed by atoms with Crippen molar-refractivity contribution in [3.63, 3.8) is 0 Å². The number of ether oxygens (including phenoxy) is 2. The molecule has 1 aliphatic carbocycles. The van der Waals surface area contributed by atoms with E-state index in [2.05, 4.69) is 13.0 Å². The van der Waals surface area contributed by atoms with Gasteiger partial charge in [-0.1, -0.05) is 37.8 Å². The second-order valence-corrected chi connectivity index (χ2v) is 5.91. The van der Waals surface area contributed by atoms with E-state index < -0.39 is 0 Å². The molecule has 20 heavy (non-hydrogen) atoms. The molecule has 0 aliphatic heterocycles. The Bertz CT molecular complexity index is 482. The number of methoxy groups -OCH3 is 2. The molecule has 2 N–H and O–H groups in total. The van der Waals surface area contributed by atoms with E-state index in [4.69, 9.17) is 26.8 Å². The molecule has 1 aliphatic rings. The molecule has 1 aromatic rings. The molecule has 1 fully saturated rings. The van der Waals surface area contributed by atoms with Gasteiger partial charge in [-0.2, -0.15) is 0 Å². The van der Waals surface area contributed by atoms with Crippen LogP contribution in [0.25, 0.3) is 0 Å². The minimum absolute atomic E-state index is 0.330. The summed E-state index contributed by atoms with van der Waals surface area (Å²) in [5.74, 6) is 1.37. The molecule has 0 bridgehead atoms. The molecule has 0 atom stereocenters. The number of hydrogen-bond donors (Lipinski definition) is 1. The maximum atomic E-state index is 6.66. The van der Waals surface area contributed by atoms with Crippen LogP contribution >= 0.6 is 11.6 Å². The van der Waals surface area contributed by atoms with Crippen LogP contribution in [0.3, 0.4) is 0 Å². The van der Waals surface area contributed by atoms with Crippen molar-refractivity contribution >= 4 is 11.6 Å². The summed E-state index contributed by atoms with van der Waals surface area (Å²) in [5.41, 5.74) is 8.45. The van der Waals surface area contributed by atoms with Crippen LogP contribution in [0.1, 0.15) is 50.2 Å². The van der Waals surface area contributed by atoms with E-state index in [9.17, 15) is 0 Å². The number of nitrogens with two attached hydrogens (primary N) is 1. The van der Waals surface area contributed by atoms with Crippen LogP contribution in [0.15, 0.2) is 6.07 Å². The van der Waals surface area contributed by atoms with Crippen LogP contribution in [-0.2, 0) is 12.0 Å². The second-order valence-electron chi connectivity index (χ2n) is 5.53. The molecule has 4 heteroatoms. The van der Waals surface area contributed by atoms with Gasteiger partial charge in [0.25, 0.3) is 0 Å². The zero-order valence-corrected chi connectivity index (χ0v) is 13.3. The highest BCUT2D eigenvalue weighted by atomic mass is 35.5. The van der Waals surface area contributed by atoms with E-state index in [1.54, 1.807) is 14.2 Å². The first-order valence-electron chi connectivity index (χ1n) is 7.30. The molecule has 0 spiro atoms. The fraction of sp³-hybridized carbons (Fsp3) is 0.625. The van der Waals surface area contributed by atoms with Gasteiger partial charge in [0.2, 0.25) is 0 Å². The Hall–Kier alpha value is -0.930. The maximum Gasteiger partial charge on any atom is 0.146 e. The second kappa shape index (κ2) is 6.23. The van der Waals surface area contributed by atoms with Crippen molar-refractivity contribution in [2.24, 2.45) is 5.73 Å². The standard InChI is InChI=1S/C16H24ClNO2/c1-4-11-10-12(16(18)8-6-5-7-9-16)15(20-3)13(17)14(11)19-2/h10H,4-9,18H2,1-3H3. The van der Waals surface area contributed by atoms with E-state index in [0.29, 0.717) is 16.5 Å². The number of halogens is 1. The quantitative estimate of drug-likeness (QED) is 0.912. The lowest BCUT2D eigenvalue weighted by atomic mass is 9.76. The first-order chi connectivity index (χ1) is 9.57. The van der Waals surface area contributed by atoms with Gasteiger partial charge >= 0.3 is 0 Å². The molecule has 1 saturated carbocycles. The molecule has 1 aromatic carbocycles. The van der Waals surface area contributed by atoms with Gasteiger partial charge in [-0.05, 0) is 30.9 Å². The molecule has 0 heterocycles. The van der Waals surface area contributed by atoms with Crippen LogP contribution < -0.4 is 15.2 Å². The molecular weight excluding hydrogens is 274 g/mol. The van der Waals surface area contributed by atoms with Crippen molar-refractivity contribution in [1.29, 1.82) is 0 Å². The molecule has 0 radical (unpaired) electrons. The molecule has 2 rings (SSSR count). The van der Waals surface area contributed by atoms with Gasteiger partial charge in [0.1, 0.15) is 16.5 Å². The summed E-state index contributed by atoms with van der Waals surface area (Å²) in [6, 6.07) is 2.12. The lowest BCUT2D eigenvalue weighted by Gasteiger charge is -2.35. The van der Waals surface area contributed by atoms with E-state index in [0.717, 1.165) is 43.2 Å². The molecule has 0 aromatic heterocycles. The van der Waals surface area contributed by atoms with Gasteiger partial charge in [-0.3, -0.25) is 0 Å². The summed E-state index contributed by atoms with van der Waals surface area (Å²) in [6.07, 6.45) is 6.39. The highest BCUT2D eigenvalue weighted by Gasteiger charge is 2.34. The van der Waals surface area contributed by atoms with Crippen LogP contribution in [0.4, 0.5) is 0 Å². The third kappa shape index (κ3) is 2.61. The summed E-state index contributed by atoms with van der Waals surface area (Å²) in [7, 11) is 3.28. The van der Waals surface area contributed by atoms with Gasteiger partial charge in [-0.25, -0.2) is 0 Å². The summed E-state index contributed by atoms with van der Waals surface area (Å²) in [6.45, 7) is 2.09.